The predicted octanol–water partition coefficient (Wildman–Crippen LogP) is 1.66. The average molecular weight is 318 g/mol. The van der Waals surface area contributed by atoms with Gasteiger partial charge in [-0.15, -0.1) is 11.3 Å². The van der Waals surface area contributed by atoms with Crippen molar-refractivity contribution in [2.24, 2.45) is 0 Å². The van der Waals surface area contributed by atoms with Gasteiger partial charge in [-0.2, -0.15) is 4.31 Å². The van der Waals surface area contributed by atoms with Crippen molar-refractivity contribution in [2.45, 2.75) is 43.7 Å². The molecule has 2 rings (SSSR count). The summed E-state index contributed by atoms with van der Waals surface area (Å²) in [4.78, 5) is 0. The monoisotopic (exact) mass is 318 g/mol. The number of rotatable bonds is 5. The molecule has 1 saturated heterocycles. The van der Waals surface area contributed by atoms with Crippen molar-refractivity contribution >= 4 is 21.4 Å². The van der Waals surface area contributed by atoms with Gasteiger partial charge in [0.05, 0.1) is 12.7 Å². The van der Waals surface area contributed by atoms with Gasteiger partial charge >= 0.3 is 0 Å². The van der Waals surface area contributed by atoms with E-state index >= 15 is 0 Å². The van der Waals surface area contributed by atoms with Crippen molar-refractivity contribution in [3.8, 4) is 0 Å². The topological polar surface area (TPSA) is 58.6 Å². The number of hydrogen-bond donors (Lipinski definition) is 1. The quantitative estimate of drug-likeness (QED) is 0.897. The summed E-state index contributed by atoms with van der Waals surface area (Å²) in [6, 6.07) is 1.66. The highest BCUT2D eigenvalue weighted by Gasteiger charge is 2.34. The van der Waals surface area contributed by atoms with Crippen molar-refractivity contribution in [3.05, 3.63) is 17.0 Å². The molecule has 20 heavy (non-hydrogen) atoms. The molecule has 1 fully saturated rings. The molecule has 2 atom stereocenters. The van der Waals surface area contributed by atoms with E-state index < -0.39 is 10.0 Å². The number of sulfonamides is 1. The fourth-order valence-corrected chi connectivity index (χ4v) is 5.20. The lowest BCUT2D eigenvalue weighted by Crippen LogP contribution is -2.49. The molecule has 0 aliphatic carbocycles. The molecule has 2 unspecified atom stereocenters. The zero-order chi connectivity index (χ0) is 14.8. The number of nitrogens with one attached hydrogen (secondary N) is 1. The zero-order valence-corrected chi connectivity index (χ0v) is 13.8. The highest BCUT2D eigenvalue weighted by Crippen LogP contribution is 2.27. The van der Waals surface area contributed by atoms with Crippen LogP contribution in [0.2, 0.25) is 0 Å². The van der Waals surface area contributed by atoms with Gasteiger partial charge in [0, 0.05) is 19.1 Å². The summed E-state index contributed by atoms with van der Waals surface area (Å²) in [5, 5.41) is 5.11. The summed E-state index contributed by atoms with van der Waals surface area (Å²) in [6.45, 7) is 8.27. The van der Waals surface area contributed by atoms with Crippen molar-refractivity contribution < 1.29 is 13.2 Å². The van der Waals surface area contributed by atoms with Crippen molar-refractivity contribution in [3.63, 3.8) is 0 Å². The Balaban J connectivity index is 2.18. The highest BCUT2D eigenvalue weighted by atomic mass is 32.2. The molecule has 1 aromatic heterocycles. The summed E-state index contributed by atoms with van der Waals surface area (Å²) in [6.07, 6.45) is -0.0536. The number of ether oxygens (including phenoxy) is 1. The van der Waals surface area contributed by atoms with Gasteiger partial charge in [0.1, 0.15) is 4.21 Å². The molecule has 0 spiro atoms. The van der Waals surface area contributed by atoms with Crippen LogP contribution in [0.4, 0.5) is 0 Å². The van der Waals surface area contributed by atoms with Crippen molar-refractivity contribution in [1.29, 1.82) is 0 Å². The van der Waals surface area contributed by atoms with Crippen LogP contribution in [0.25, 0.3) is 0 Å². The SMILES string of the molecule is CCNCc1csc(S(=O)(=O)N2CC(C)OCC2C)c1. The van der Waals surface area contributed by atoms with E-state index in [1.54, 1.807) is 10.4 Å². The van der Waals surface area contributed by atoms with E-state index in [1.165, 1.54) is 11.3 Å². The summed E-state index contributed by atoms with van der Waals surface area (Å²) >= 11 is 1.29. The first kappa shape index (κ1) is 15.9. The molecule has 0 saturated carbocycles. The standard InChI is InChI=1S/C13H22N2O3S2/c1-4-14-6-12-5-13(19-9-12)20(16,17)15-7-11(3)18-8-10(15)2/h5,9-11,14H,4,6-8H2,1-3H3. The van der Waals surface area contributed by atoms with Gasteiger partial charge in [-0.05, 0) is 37.4 Å². The first-order valence-corrected chi connectivity index (χ1v) is 9.18. The molecule has 2 heterocycles. The smallest absolute Gasteiger partial charge is 0.252 e. The minimum Gasteiger partial charge on any atom is -0.375 e. The third-order valence-electron chi connectivity index (χ3n) is 3.32. The molecule has 0 radical (unpaired) electrons. The van der Waals surface area contributed by atoms with Gasteiger partial charge in [-0.25, -0.2) is 8.42 Å². The number of morpholine rings is 1. The second-order valence-electron chi connectivity index (χ2n) is 5.12. The normalized spacial score (nSPS) is 24.9. The summed E-state index contributed by atoms with van der Waals surface area (Å²) in [5.41, 5.74) is 1.02. The lowest BCUT2D eigenvalue weighted by Gasteiger charge is -2.35. The molecular formula is C13H22N2O3S2. The molecule has 7 heteroatoms. The zero-order valence-electron chi connectivity index (χ0n) is 12.1. The predicted molar refractivity (Wildman–Crippen MR) is 80.5 cm³/mol. The Morgan fingerprint density at radius 1 is 1.50 bits per heavy atom. The lowest BCUT2D eigenvalue weighted by atomic mass is 10.2. The molecule has 1 aliphatic heterocycles. The summed E-state index contributed by atoms with van der Waals surface area (Å²) in [5.74, 6) is 0. The Kier molecular flexibility index (Phi) is 5.19. The van der Waals surface area contributed by atoms with Crippen LogP contribution in [-0.4, -0.2) is 44.6 Å². The van der Waals surface area contributed by atoms with E-state index in [9.17, 15) is 8.42 Å². The van der Waals surface area contributed by atoms with Crippen LogP contribution in [0.15, 0.2) is 15.7 Å². The molecule has 5 nitrogen and oxygen atoms in total. The maximum Gasteiger partial charge on any atom is 0.252 e. The van der Waals surface area contributed by atoms with Crippen LogP contribution in [0.3, 0.4) is 0 Å². The maximum atomic E-state index is 12.7. The van der Waals surface area contributed by atoms with Gasteiger partial charge < -0.3 is 10.1 Å². The summed E-state index contributed by atoms with van der Waals surface area (Å²) < 4.78 is 32.9. The van der Waals surface area contributed by atoms with Gasteiger partial charge in [0.15, 0.2) is 0 Å². The van der Waals surface area contributed by atoms with E-state index in [2.05, 4.69) is 5.32 Å². The van der Waals surface area contributed by atoms with Gasteiger partial charge in [0.2, 0.25) is 0 Å². The first-order chi connectivity index (χ1) is 9.45. The van der Waals surface area contributed by atoms with Crippen LogP contribution >= 0.6 is 11.3 Å². The van der Waals surface area contributed by atoms with Crippen LogP contribution in [0.1, 0.15) is 26.3 Å². The second-order valence-corrected chi connectivity index (χ2v) is 8.15. The van der Waals surface area contributed by atoms with Crippen LogP contribution in [0.5, 0.6) is 0 Å². The maximum absolute atomic E-state index is 12.7. The molecular weight excluding hydrogens is 296 g/mol. The summed E-state index contributed by atoms with van der Waals surface area (Å²) in [7, 11) is -3.40. The van der Waals surface area contributed by atoms with Crippen LogP contribution in [-0.2, 0) is 21.3 Å². The molecule has 0 aromatic carbocycles. The third kappa shape index (κ3) is 3.40. The van der Waals surface area contributed by atoms with Crippen LogP contribution in [0, 0.1) is 0 Å². The first-order valence-electron chi connectivity index (χ1n) is 6.86. The van der Waals surface area contributed by atoms with E-state index in [1.807, 2.05) is 26.2 Å². The Labute approximate surface area is 125 Å². The molecule has 1 aliphatic rings. The van der Waals surface area contributed by atoms with Gasteiger partial charge in [0.25, 0.3) is 10.0 Å². The highest BCUT2D eigenvalue weighted by molar-refractivity contribution is 7.91. The molecule has 1 aromatic rings. The molecule has 1 N–H and O–H groups in total. The fourth-order valence-electron chi connectivity index (χ4n) is 2.17. The average Bonchev–Trinajstić information content (AvgIpc) is 2.88. The minimum absolute atomic E-state index is 0.0536. The lowest BCUT2D eigenvalue weighted by molar-refractivity contribution is -0.0170. The largest absolute Gasteiger partial charge is 0.375 e. The molecule has 114 valence electrons. The van der Waals surface area contributed by atoms with E-state index in [-0.39, 0.29) is 12.1 Å². The molecule has 0 bridgehead atoms. The van der Waals surface area contributed by atoms with Crippen molar-refractivity contribution in [2.75, 3.05) is 19.7 Å². The Hall–Kier alpha value is -0.470. The van der Waals surface area contributed by atoms with Gasteiger partial charge in [-0.3, -0.25) is 0 Å². The number of thiophene rings is 1. The second kappa shape index (κ2) is 6.53. The van der Waals surface area contributed by atoms with Crippen molar-refractivity contribution in [1.82, 2.24) is 9.62 Å². The number of hydrogen-bond acceptors (Lipinski definition) is 5. The van der Waals surface area contributed by atoms with E-state index in [4.69, 9.17) is 4.74 Å². The fraction of sp³-hybridized carbons (Fsp3) is 0.692. The third-order valence-corrected chi connectivity index (χ3v) is 6.77. The Bertz CT molecular complexity index is 542. The van der Waals surface area contributed by atoms with Gasteiger partial charge in [-0.1, -0.05) is 6.92 Å². The Morgan fingerprint density at radius 2 is 2.25 bits per heavy atom. The number of nitrogens with zero attached hydrogens (tertiary/aromatic N) is 1. The van der Waals surface area contributed by atoms with E-state index in [0.29, 0.717) is 23.9 Å². The van der Waals surface area contributed by atoms with Crippen LogP contribution < -0.4 is 5.32 Å². The Morgan fingerprint density at radius 3 is 2.95 bits per heavy atom. The molecule has 0 amide bonds. The minimum atomic E-state index is -3.40. The van der Waals surface area contributed by atoms with E-state index in [0.717, 1.165) is 12.1 Å².